The predicted molar refractivity (Wildman–Crippen MR) is 85.9 cm³/mol. The van der Waals surface area contributed by atoms with Gasteiger partial charge in [-0.25, -0.2) is 0 Å². The minimum Gasteiger partial charge on any atom is -0.360 e. The Labute approximate surface area is 135 Å². The first kappa shape index (κ1) is 14.5. The first-order chi connectivity index (χ1) is 11.2. The van der Waals surface area contributed by atoms with E-state index in [9.17, 15) is 4.79 Å². The van der Waals surface area contributed by atoms with Gasteiger partial charge in [-0.05, 0) is 31.4 Å². The quantitative estimate of drug-likeness (QED) is 0.874. The molecule has 0 spiro atoms. The minimum atomic E-state index is 0.199. The second-order valence-corrected chi connectivity index (χ2v) is 6.53. The second-order valence-electron chi connectivity index (χ2n) is 6.53. The molecule has 5 heteroatoms. The number of carbonyl (C=O) groups is 1. The molecule has 0 bridgehead atoms. The third-order valence-electron chi connectivity index (χ3n) is 4.90. The lowest BCUT2D eigenvalue weighted by Crippen LogP contribution is -2.44. The largest absolute Gasteiger partial charge is 0.360 e. The zero-order chi connectivity index (χ0) is 15.8. The zero-order valence-electron chi connectivity index (χ0n) is 13.4. The molecule has 0 radical (unpaired) electrons. The van der Waals surface area contributed by atoms with Crippen molar-refractivity contribution >= 4 is 5.91 Å². The van der Waals surface area contributed by atoms with Crippen LogP contribution in [-0.4, -0.2) is 40.0 Å². The number of fused-ring (bicyclic) bond motifs is 1. The summed E-state index contributed by atoms with van der Waals surface area (Å²) >= 11 is 0. The summed E-state index contributed by atoms with van der Waals surface area (Å²) < 4.78 is 5.30. The Hall–Kier alpha value is -2.14. The van der Waals surface area contributed by atoms with Gasteiger partial charge in [0, 0.05) is 37.3 Å². The van der Waals surface area contributed by atoms with Crippen molar-refractivity contribution in [2.24, 2.45) is 0 Å². The van der Waals surface area contributed by atoms with Gasteiger partial charge in [-0.1, -0.05) is 23.4 Å². The molecule has 23 heavy (non-hydrogen) atoms. The van der Waals surface area contributed by atoms with E-state index in [1.807, 2.05) is 31.2 Å². The van der Waals surface area contributed by atoms with Crippen LogP contribution >= 0.6 is 0 Å². The van der Waals surface area contributed by atoms with E-state index in [1.165, 1.54) is 0 Å². The molecule has 1 fully saturated rings. The number of likely N-dealkylation sites (tertiary alicyclic amines) is 1. The molecule has 0 aliphatic carbocycles. The van der Waals surface area contributed by atoms with E-state index in [1.54, 1.807) is 0 Å². The molecule has 2 aromatic rings. The average Bonchev–Trinajstić information content (AvgIpc) is 3.12. The third-order valence-corrected chi connectivity index (χ3v) is 4.90. The van der Waals surface area contributed by atoms with Crippen molar-refractivity contribution in [1.82, 2.24) is 15.0 Å². The fraction of sp³-hybridized carbons (Fsp3) is 0.444. The van der Waals surface area contributed by atoms with E-state index in [0.29, 0.717) is 6.04 Å². The number of carbonyl (C=O) groups excluding carboxylic acids is 1. The van der Waals surface area contributed by atoms with Gasteiger partial charge in [0.25, 0.3) is 5.91 Å². The molecule has 1 aromatic heterocycles. The fourth-order valence-corrected chi connectivity index (χ4v) is 3.67. The molecule has 1 aromatic carbocycles. The predicted octanol–water partition coefficient (Wildman–Crippen LogP) is 2.60. The van der Waals surface area contributed by atoms with Gasteiger partial charge in [0.05, 0.1) is 12.2 Å². The molecule has 0 N–H and O–H groups in total. The van der Waals surface area contributed by atoms with E-state index in [2.05, 4.69) is 21.0 Å². The van der Waals surface area contributed by atoms with Crippen molar-refractivity contribution in [2.45, 2.75) is 38.9 Å². The van der Waals surface area contributed by atoms with Crippen molar-refractivity contribution in [3.63, 3.8) is 0 Å². The summed E-state index contributed by atoms with van der Waals surface area (Å²) in [4.78, 5) is 17.0. The highest BCUT2D eigenvalue weighted by Crippen LogP contribution is 2.28. The molecule has 2 aliphatic heterocycles. The van der Waals surface area contributed by atoms with Gasteiger partial charge in [-0.2, -0.15) is 0 Å². The Balaban J connectivity index is 1.36. The van der Waals surface area contributed by atoms with Crippen molar-refractivity contribution in [2.75, 3.05) is 13.1 Å². The summed E-state index contributed by atoms with van der Waals surface area (Å²) in [6.07, 6.45) is 2.04. The Morgan fingerprint density at radius 2 is 2.04 bits per heavy atom. The van der Waals surface area contributed by atoms with Gasteiger partial charge in [0.1, 0.15) is 0 Å². The number of aromatic nitrogens is 1. The number of hydrogen-bond acceptors (Lipinski definition) is 4. The van der Waals surface area contributed by atoms with Crippen LogP contribution in [0.4, 0.5) is 0 Å². The molecule has 1 amide bonds. The van der Waals surface area contributed by atoms with Crippen molar-refractivity contribution in [1.29, 1.82) is 0 Å². The van der Waals surface area contributed by atoms with Crippen molar-refractivity contribution in [3.8, 4) is 0 Å². The standard InChI is InChI=1S/C18H21N3O2/c1-13-10-16(23-19-13)12-20-8-6-15(7-9-20)21-11-14-4-2-3-5-17(14)18(21)22/h2-5,10,15H,6-9,11-12H2,1H3. The number of nitrogens with zero attached hydrogens (tertiary/aromatic N) is 3. The molecular weight excluding hydrogens is 290 g/mol. The number of piperidine rings is 1. The molecule has 0 unspecified atom stereocenters. The molecule has 5 nitrogen and oxygen atoms in total. The summed E-state index contributed by atoms with van der Waals surface area (Å²) in [7, 11) is 0. The van der Waals surface area contributed by atoms with E-state index < -0.39 is 0 Å². The molecule has 4 rings (SSSR count). The lowest BCUT2D eigenvalue weighted by Gasteiger charge is -2.36. The maximum atomic E-state index is 12.6. The maximum Gasteiger partial charge on any atom is 0.254 e. The van der Waals surface area contributed by atoms with Gasteiger partial charge in [-0.3, -0.25) is 9.69 Å². The van der Waals surface area contributed by atoms with Gasteiger partial charge >= 0.3 is 0 Å². The summed E-state index contributed by atoms with van der Waals surface area (Å²) in [6, 6.07) is 10.3. The molecule has 0 atom stereocenters. The number of amides is 1. The topological polar surface area (TPSA) is 49.6 Å². The van der Waals surface area contributed by atoms with Crippen LogP contribution in [0.3, 0.4) is 0 Å². The lowest BCUT2D eigenvalue weighted by molar-refractivity contribution is 0.0581. The Bertz CT molecular complexity index is 717. The summed E-state index contributed by atoms with van der Waals surface area (Å²) in [5.74, 6) is 1.12. The van der Waals surface area contributed by atoms with Crippen LogP contribution in [0.5, 0.6) is 0 Å². The number of rotatable bonds is 3. The normalized spacial score (nSPS) is 19.3. The Kier molecular flexibility index (Phi) is 3.65. The minimum absolute atomic E-state index is 0.199. The highest BCUT2D eigenvalue weighted by atomic mass is 16.5. The van der Waals surface area contributed by atoms with Crippen molar-refractivity contribution < 1.29 is 9.32 Å². The van der Waals surface area contributed by atoms with Gasteiger partial charge in [0.2, 0.25) is 0 Å². The van der Waals surface area contributed by atoms with Gasteiger partial charge in [0.15, 0.2) is 5.76 Å². The molecule has 120 valence electrons. The number of hydrogen-bond donors (Lipinski definition) is 0. The monoisotopic (exact) mass is 311 g/mol. The molecular formula is C18H21N3O2. The Morgan fingerprint density at radius 1 is 1.26 bits per heavy atom. The molecule has 2 aliphatic rings. The summed E-state index contributed by atoms with van der Waals surface area (Å²) in [6.45, 7) is 5.49. The maximum absolute atomic E-state index is 12.6. The van der Waals surface area contributed by atoms with Crippen molar-refractivity contribution in [3.05, 3.63) is 52.9 Å². The second kappa shape index (κ2) is 5.81. The fourth-order valence-electron chi connectivity index (χ4n) is 3.67. The SMILES string of the molecule is Cc1cc(CN2CCC(N3Cc4ccccc4C3=O)CC2)on1. The summed E-state index contributed by atoms with van der Waals surface area (Å²) in [5.41, 5.74) is 2.97. The first-order valence-electron chi connectivity index (χ1n) is 8.24. The van der Waals surface area contributed by atoms with E-state index in [-0.39, 0.29) is 5.91 Å². The van der Waals surface area contributed by atoms with Crippen LogP contribution < -0.4 is 0 Å². The first-order valence-corrected chi connectivity index (χ1v) is 8.24. The van der Waals surface area contributed by atoms with Crippen LogP contribution in [0.25, 0.3) is 0 Å². The van der Waals surface area contributed by atoms with Crippen LogP contribution in [0, 0.1) is 6.92 Å². The molecule has 1 saturated heterocycles. The van der Waals surface area contributed by atoms with E-state index in [4.69, 9.17) is 4.52 Å². The lowest BCUT2D eigenvalue weighted by atomic mass is 10.0. The van der Waals surface area contributed by atoms with E-state index >= 15 is 0 Å². The average molecular weight is 311 g/mol. The highest BCUT2D eigenvalue weighted by Gasteiger charge is 2.34. The van der Waals surface area contributed by atoms with E-state index in [0.717, 1.165) is 61.6 Å². The zero-order valence-corrected chi connectivity index (χ0v) is 13.4. The molecule has 3 heterocycles. The van der Waals surface area contributed by atoms with Gasteiger partial charge in [-0.15, -0.1) is 0 Å². The van der Waals surface area contributed by atoms with Crippen LogP contribution in [0.15, 0.2) is 34.9 Å². The smallest absolute Gasteiger partial charge is 0.254 e. The van der Waals surface area contributed by atoms with Gasteiger partial charge < -0.3 is 9.42 Å². The highest BCUT2D eigenvalue weighted by molar-refractivity contribution is 5.98. The van der Waals surface area contributed by atoms with Crippen LogP contribution in [0.1, 0.15) is 40.2 Å². The third kappa shape index (κ3) is 2.77. The van der Waals surface area contributed by atoms with Crippen LogP contribution in [0.2, 0.25) is 0 Å². The number of benzene rings is 1. The Morgan fingerprint density at radius 3 is 2.74 bits per heavy atom. The molecule has 0 saturated carbocycles. The number of aryl methyl sites for hydroxylation is 1. The summed E-state index contributed by atoms with van der Waals surface area (Å²) in [5, 5.41) is 3.94. The van der Waals surface area contributed by atoms with Crippen LogP contribution in [-0.2, 0) is 13.1 Å².